The van der Waals surface area contributed by atoms with E-state index in [0.717, 1.165) is 4.35 Å². The van der Waals surface area contributed by atoms with Crippen molar-refractivity contribution in [2.24, 2.45) is 0 Å². The van der Waals surface area contributed by atoms with Gasteiger partial charge in [-0.1, -0.05) is 0 Å². The van der Waals surface area contributed by atoms with Gasteiger partial charge in [0.25, 0.3) is 0 Å². The summed E-state index contributed by atoms with van der Waals surface area (Å²) in [6.45, 7) is 0. The first-order valence-corrected chi connectivity index (χ1v) is 5.01. The van der Waals surface area contributed by atoms with E-state index in [1.54, 1.807) is 6.07 Å². The summed E-state index contributed by atoms with van der Waals surface area (Å²) in [4.78, 5) is 10.7. The monoisotopic (exact) mass is 262 g/mol. The van der Waals surface area contributed by atoms with Crippen molar-refractivity contribution in [1.29, 1.82) is 0 Å². The van der Waals surface area contributed by atoms with Gasteiger partial charge < -0.3 is 0 Å². The van der Waals surface area contributed by atoms with Crippen LogP contribution in [0.25, 0.3) is 0 Å². The number of carboxylic acid groups (broad SMARTS) is 1. The molecule has 1 aromatic carbocycles. The topological polar surface area (TPSA) is 46.5 Å². The number of rotatable bonds is 2. The van der Waals surface area contributed by atoms with Crippen LogP contribution >= 0.6 is 11.6 Å². The molecule has 0 heterocycles. The first-order valence-electron chi connectivity index (χ1n) is 3.42. The van der Waals surface area contributed by atoms with Crippen LogP contribution in [0.15, 0.2) is 12.1 Å². The minimum atomic E-state index is -1.04. The Kier molecular flexibility index (Phi) is 3.23. The average Bonchev–Trinajstić information content (AvgIpc) is 2.08. The van der Waals surface area contributed by atoms with E-state index in [-0.39, 0.29) is 5.56 Å². The molecule has 0 saturated carbocycles. The number of aromatic carboxylic acids is 1. The van der Waals surface area contributed by atoms with Crippen LogP contribution in [0.3, 0.4) is 0 Å². The van der Waals surface area contributed by atoms with Gasteiger partial charge in [-0.3, -0.25) is 0 Å². The zero-order valence-electron chi connectivity index (χ0n) is 6.87. The first-order chi connectivity index (χ1) is 6.06. The van der Waals surface area contributed by atoms with Crippen LogP contribution < -0.4 is 9.09 Å². The van der Waals surface area contributed by atoms with Gasteiger partial charge in [-0.25, -0.2) is 0 Å². The second-order valence-electron chi connectivity index (χ2n) is 2.38. The average molecular weight is 263 g/mol. The molecule has 13 heavy (non-hydrogen) atoms. The molecule has 0 saturated heterocycles. The number of halogens is 1. The van der Waals surface area contributed by atoms with E-state index in [2.05, 4.69) is 0 Å². The van der Waals surface area contributed by atoms with E-state index in [1.807, 2.05) is 0 Å². The van der Waals surface area contributed by atoms with E-state index >= 15 is 0 Å². The molecule has 1 N–H and O–H groups in total. The fraction of sp³-hybridized carbons (Fsp3) is 0.125. The van der Waals surface area contributed by atoms with Crippen molar-refractivity contribution in [3.8, 4) is 5.75 Å². The Balaban J connectivity index is 3.33. The summed E-state index contributed by atoms with van der Waals surface area (Å²) in [5.41, 5.74) is 0.0916. The Bertz CT molecular complexity index is 351. The van der Waals surface area contributed by atoms with Gasteiger partial charge in [0.1, 0.15) is 0 Å². The van der Waals surface area contributed by atoms with Crippen LogP contribution in [0.2, 0.25) is 5.02 Å². The van der Waals surface area contributed by atoms with Crippen molar-refractivity contribution in [3.63, 3.8) is 0 Å². The minimum absolute atomic E-state index is 0.0916. The van der Waals surface area contributed by atoms with Crippen LogP contribution in [0.4, 0.5) is 0 Å². The van der Waals surface area contributed by atoms with Crippen LogP contribution in [0, 0.1) is 0 Å². The molecular formula is C8H8AsClO3. The third kappa shape index (κ3) is 2.17. The molecule has 70 valence electrons. The zero-order chi connectivity index (χ0) is 10.0. The quantitative estimate of drug-likeness (QED) is 0.780. The maximum absolute atomic E-state index is 10.7. The molecule has 0 bridgehead atoms. The Morgan fingerprint density at radius 1 is 1.62 bits per heavy atom. The molecule has 1 unspecified atom stereocenters. The molecule has 1 rings (SSSR count). The fourth-order valence-corrected chi connectivity index (χ4v) is 1.56. The summed E-state index contributed by atoms with van der Waals surface area (Å²) >= 11 is 7.11. The van der Waals surface area contributed by atoms with E-state index < -0.39 is 5.97 Å². The molecule has 0 aliphatic rings. The summed E-state index contributed by atoms with van der Waals surface area (Å²) in [5, 5.41) is 9.24. The molecule has 0 fully saturated rings. The number of hydrogen-bond donors (Lipinski definition) is 1. The molecule has 0 aromatic heterocycles. The molecule has 1 atom stereocenters. The molecule has 0 amide bonds. The molecule has 1 aromatic rings. The van der Waals surface area contributed by atoms with Gasteiger partial charge in [0.2, 0.25) is 0 Å². The predicted octanol–water partition coefficient (Wildman–Crippen LogP) is 0.305. The van der Waals surface area contributed by atoms with Crippen molar-refractivity contribution in [2.45, 2.75) is 0 Å². The molecule has 3 nitrogen and oxygen atoms in total. The van der Waals surface area contributed by atoms with E-state index in [1.165, 1.54) is 30.0 Å². The van der Waals surface area contributed by atoms with Crippen LogP contribution in [-0.4, -0.2) is 35.0 Å². The molecule has 0 radical (unpaired) electrons. The molecule has 5 heteroatoms. The predicted molar refractivity (Wildman–Crippen MR) is 53.1 cm³/mol. The number of benzene rings is 1. The maximum atomic E-state index is 10.7. The first kappa shape index (κ1) is 10.4. The molecule has 0 aliphatic carbocycles. The van der Waals surface area contributed by atoms with Crippen molar-refractivity contribution >= 4 is 38.8 Å². The summed E-state index contributed by atoms with van der Waals surface area (Å²) < 4.78 is 5.77. The Morgan fingerprint density at radius 2 is 2.23 bits per heavy atom. The van der Waals surface area contributed by atoms with E-state index in [4.69, 9.17) is 21.4 Å². The van der Waals surface area contributed by atoms with Crippen LogP contribution in [0.1, 0.15) is 10.4 Å². The standard InChI is InChI=1S/C8H8AsClO3/c1-13-7-3-5(9)6(10)2-4(7)8(11)12/h2-3H,9H2,1H3,(H,11,12). The van der Waals surface area contributed by atoms with Crippen molar-refractivity contribution in [1.82, 2.24) is 0 Å². The third-order valence-corrected chi connectivity index (χ3v) is 3.26. The van der Waals surface area contributed by atoms with Gasteiger partial charge in [-0.15, -0.1) is 0 Å². The molecule has 0 aliphatic heterocycles. The summed E-state index contributed by atoms with van der Waals surface area (Å²) in [7, 11) is 1.43. The Morgan fingerprint density at radius 3 is 2.69 bits per heavy atom. The number of carbonyl (C=O) groups is 1. The SMILES string of the molecule is COc1cc([AsH2])c(Cl)cc1C(=O)O. The van der Waals surface area contributed by atoms with E-state index in [0.29, 0.717) is 10.8 Å². The Labute approximate surface area is 89.2 Å². The van der Waals surface area contributed by atoms with Gasteiger partial charge >= 0.3 is 89.0 Å². The summed E-state index contributed by atoms with van der Waals surface area (Å²) in [6.07, 6.45) is 0. The number of methoxy groups -OCH3 is 1. The molecule has 0 spiro atoms. The fourth-order valence-electron chi connectivity index (χ4n) is 0.905. The Hall–Kier alpha value is -0.662. The van der Waals surface area contributed by atoms with Crippen LogP contribution in [0.5, 0.6) is 5.75 Å². The van der Waals surface area contributed by atoms with Crippen molar-refractivity contribution in [3.05, 3.63) is 22.7 Å². The van der Waals surface area contributed by atoms with Gasteiger partial charge in [0.05, 0.1) is 0 Å². The van der Waals surface area contributed by atoms with Crippen LogP contribution in [-0.2, 0) is 0 Å². The normalized spacial score (nSPS) is 9.77. The summed E-state index contributed by atoms with van der Waals surface area (Å²) in [6, 6.07) is 3.03. The van der Waals surface area contributed by atoms with E-state index in [9.17, 15) is 4.79 Å². The third-order valence-electron chi connectivity index (χ3n) is 1.55. The number of ether oxygens (including phenoxy) is 1. The van der Waals surface area contributed by atoms with Crippen molar-refractivity contribution in [2.75, 3.05) is 7.11 Å². The van der Waals surface area contributed by atoms with Gasteiger partial charge in [-0.2, -0.15) is 0 Å². The number of carboxylic acids is 1. The van der Waals surface area contributed by atoms with Gasteiger partial charge in [-0.05, 0) is 0 Å². The van der Waals surface area contributed by atoms with Gasteiger partial charge in [0.15, 0.2) is 0 Å². The zero-order valence-corrected chi connectivity index (χ0v) is 10.1. The van der Waals surface area contributed by atoms with Gasteiger partial charge in [0, 0.05) is 0 Å². The summed E-state index contributed by atoms with van der Waals surface area (Å²) in [5.74, 6) is -0.692. The van der Waals surface area contributed by atoms with Crippen molar-refractivity contribution < 1.29 is 14.6 Å². The number of hydrogen-bond acceptors (Lipinski definition) is 2. The second kappa shape index (κ2) is 4.03. The molecular weight excluding hydrogens is 254 g/mol. The second-order valence-corrected chi connectivity index (χ2v) is 4.09.